The molecule has 1 atom stereocenters. The molecule has 114 valence electrons. The lowest BCUT2D eigenvalue weighted by Crippen LogP contribution is -2.51. The van der Waals surface area contributed by atoms with Crippen LogP contribution in [0.2, 0.25) is 0 Å². The van der Waals surface area contributed by atoms with Gasteiger partial charge in [0.2, 0.25) is 0 Å². The van der Waals surface area contributed by atoms with Crippen molar-refractivity contribution in [1.29, 1.82) is 0 Å². The standard InChI is InChI=1S/C15H20N2O3S/c1-10-11-4-8-21-12(11)3-7-17(10)14(20)16-9-15(13(18)19)5-2-6-15/h4,8,10H,2-3,5-7,9H2,1H3,(H,16,20)(H,18,19). The van der Waals surface area contributed by atoms with Crippen molar-refractivity contribution in [1.82, 2.24) is 10.2 Å². The number of aliphatic carboxylic acids is 1. The number of carboxylic acids is 1. The molecule has 0 bridgehead atoms. The van der Waals surface area contributed by atoms with E-state index in [2.05, 4.69) is 16.8 Å². The van der Waals surface area contributed by atoms with Gasteiger partial charge in [-0.25, -0.2) is 4.79 Å². The maximum atomic E-state index is 12.4. The average molecular weight is 308 g/mol. The molecule has 1 aromatic heterocycles. The lowest BCUT2D eigenvalue weighted by atomic mass is 9.69. The van der Waals surface area contributed by atoms with E-state index in [1.165, 1.54) is 10.4 Å². The van der Waals surface area contributed by atoms with Gasteiger partial charge in [-0.05, 0) is 43.2 Å². The zero-order chi connectivity index (χ0) is 15.0. The molecule has 0 aromatic carbocycles. The molecule has 3 rings (SSSR count). The van der Waals surface area contributed by atoms with Crippen LogP contribution in [0.5, 0.6) is 0 Å². The Morgan fingerprint density at radius 2 is 2.29 bits per heavy atom. The van der Waals surface area contributed by atoms with Gasteiger partial charge < -0.3 is 15.3 Å². The topological polar surface area (TPSA) is 69.6 Å². The van der Waals surface area contributed by atoms with Gasteiger partial charge in [0.1, 0.15) is 0 Å². The van der Waals surface area contributed by atoms with Crippen LogP contribution in [0, 0.1) is 5.41 Å². The minimum atomic E-state index is -0.791. The van der Waals surface area contributed by atoms with E-state index in [0.717, 1.165) is 12.8 Å². The van der Waals surface area contributed by atoms with Crippen LogP contribution in [-0.4, -0.2) is 35.1 Å². The molecule has 2 N–H and O–H groups in total. The third-order valence-corrected chi connectivity index (χ3v) is 5.88. The van der Waals surface area contributed by atoms with E-state index in [0.29, 0.717) is 19.4 Å². The van der Waals surface area contributed by atoms with E-state index in [4.69, 9.17) is 0 Å². The normalized spacial score (nSPS) is 23.1. The highest BCUT2D eigenvalue weighted by Gasteiger charge is 2.44. The van der Waals surface area contributed by atoms with Crippen LogP contribution in [0.1, 0.15) is 42.7 Å². The smallest absolute Gasteiger partial charge is 0.317 e. The molecule has 21 heavy (non-hydrogen) atoms. The third-order valence-electron chi connectivity index (χ3n) is 4.88. The Labute approximate surface area is 128 Å². The van der Waals surface area contributed by atoms with Crippen molar-refractivity contribution >= 4 is 23.3 Å². The van der Waals surface area contributed by atoms with Gasteiger partial charge in [-0.15, -0.1) is 11.3 Å². The first-order valence-corrected chi connectivity index (χ1v) is 8.26. The van der Waals surface area contributed by atoms with Crippen LogP contribution < -0.4 is 5.32 Å². The Kier molecular flexibility index (Phi) is 3.65. The SMILES string of the molecule is CC1c2ccsc2CCN1C(=O)NCC1(C(=O)O)CCC1. The zero-order valence-corrected chi connectivity index (χ0v) is 12.9. The molecule has 0 radical (unpaired) electrons. The first-order valence-electron chi connectivity index (χ1n) is 7.38. The molecule has 2 aliphatic rings. The number of fused-ring (bicyclic) bond motifs is 1. The second-order valence-electron chi connectivity index (χ2n) is 6.02. The maximum absolute atomic E-state index is 12.4. The zero-order valence-electron chi connectivity index (χ0n) is 12.1. The molecule has 6 heteroatoms. The Morgan fingerprint density at radius 3 is 2.90 bits per heavy atom. The minimum absolute atomic E-state index is 0.0576. The fourth-order valence-corrected chi connectivity index (χ4v) is 4.17. The number of hydrogen-bond donors (Lipinski definition) is 2. The third kappa shape index (κ3) is 2.41. The van der Waals surface area contributed by atoms with E-state index in [-0.39, 0.29) is 18.6 Å². The van der Waals surface area contributed by atoms with E-state index < -0.39 is 11.4 Å². The molecule has 2 heterocycles. The number of nitrogens with one attached hydrogen (secondary N) is 1. The van der Waals surface area contributed by atoms with Crippen molar-refractivity contribution in [2.24, 2.45) is 5.41 Å². The second kappa shape index (κ2) is 5.33. The number of nitrogens with zero attached hydrogens (tertiary/aromatic N) is 1. The van der Waals surface area contributed by atoms with Crippen LogP contribution in [0.25, 0.3) is 0 Å². The number of carboxylic acid groups (broad SMARTS) is 1. The summed E-state index contributed by atoms with van der Waals surface area (Å²) in [5, 5.41) is 14.2. The lowest BCUT2D eigenvalue weighted by molar-refractivity contribution is -0.153. The number of thiophene rings is 1. The largest absolute Gasteiger partial charge is 0.481 e. The van der Waals surface area contributed by atoms with Gasteiger partial charge in [-0.3, -0.25) is 4.79 Å². The summed E-state index contributed by atoms with van der Waals surface area (Å²) in [4.78, 5) is 26.9. The molecular weight excluding hydrogens is 288 g/mol. The van der Waals surface area contributed by atoms with Crippen LogP contribution in [0.3, 0.4) is 0 Å². The van der Waals surface area contributed by atoms with Crippen molar-refractivity contribution in [3.05, 3.63) is 21.9 Å². The monoisotopic (exact) mass is 308 g/mol. The summed E-state index contributed by atoms with van der Waals surface area (Å²) in [6, 6.07) is 1.99. The highest BCUT2D eigenvalue weighted by molar-refractivity contribution is 7.10. The molecule has 1 aromatic rings. The Balaban J connectivity index is 1.63. The first-order chi connectivity index (χ1) is 10.0. The van der Waals surface area contributed by atoms with Crippen molar-refractivity contribution < 1.29 is 14.7 Å². The van der Waals surface area contributed by atoms with Crippen LogP contribution in [0.15, 0.2) is 11.4 Å². The van der Waals surface area contributed by atoms with E-state index in [9.17, 15) is 14.7 Å². The molecule has 2 amide bonds. The fourth-order valence-electron chi connectivity index (χ4n) is 3.20. The predicted octanol–water partition coefficient (Wildman–Crippen LogP) is 2.63. The molecule has 1 unspecified atom stereocenters. The fraction of sp³-hybridized carbons (Fsp3) is 0.600. The van der Waals surface area contributed by atoms with Gasteiger partial charge in [-0.2, -0.15) is 0 Å². The summed E-state index contributed by atoms with van der Waals surface area (Å²) in [5.74, 6) is -0.791. The molecule has 1 saturated carbocycles. The second-order valence-corrected chi connectivity index (χ2v) is 7.02. The molecule has 1 aliphatic carbocycles. The van der Waals surface area contributed by atoms with Crippen LogP contribution in [-0.2, 0) is 11.2 Å². The van der Waals surface area contributed by atoms with Crippen molar-refractivity contribution in [3.8, 4) is 0 Å². The van der Waals surface area contributed by atoms with E-state index in [1.54, 1.807) is 11.3 Å². The molecule has 0 spiro atoms. The van der Waals surface area contributed by atoms with Crippen molar-refractivity contribution in [2.45, 2.75) is 38.6 Å². The summed E-state index contributed by atoms with van der Waals surface area (Å²) >= 11 is 1.74. The lowest BCUT2D eigenvalue weighted by Gasteiger charge is -2.39. The van der Waals surface area contributed by atoms with Crippen LogP contribution in [0.4, 0.5) is 4.79 Å². The Bertz CT molecular complexity index is 565. The first kappa shape index (κ1) is 14.4. The summed E-state index contributed by atoms with van der Waals surface area (Å²) in [7, 11) is 0. The molecular formula is C15H20N2O3S. The Morgan fingerprint density at radius 1 is 1.52 bits per heavy atom. The van der Waals surface area contributed by atoms with Gasteiger partial charge in [0, 0.05) is 18.0 Å². The summed E-state index contributed by atoms with van der Waals surface area (Å²) in [6.07, 6.45) is 3.13. The van der Waals surface area contributed by atoms with Crippen LogP contribution >= 0.6 is 11.3 Å². The quantitative estimate of drug-likeness (QED) is 0.902. The molecule has 1 fully saturated rings. The number of carbonyl (C=O) groups is 2. The van der Waals surface area contributed by atoms with E-state index in [1.807, 2.05) is 11.8 Å². The highest BCUT2D eigenvalue weighted by atomic mass is 32.1. The number of hydrogen-bond acceptors (Lipinski definition) is 3. The summed E-state index contributed by atoms with van der Waals surface area (Å²) < 4.78 is 0. The number of amides is 2. The summed E-state index contributed by atoms with van der Waals surface area (Å²) in [5.41, 5.74) is 0.486. The number of urea groups is 1. The van der Waals surface area contributed by atoms with E-state index >= 15 is 0 Å². The highest BCUT2D eigenvalue weighted by Crippen LogP contribution is 2.40. The number of carbonyl (C=O) groups excluding carboxylic acids is 1. The van der Waals surface area contributed by atoms with Gasteiger partial charge in [0.15, 0.2) is 0 Å². The minimum Gasteiger partial charge on any atom is -0.481 e. The number of rotatable bonds is 3. The molecule has 1 aliphatic heterocycles. The Hall–Kier alpha value is -1.56. The van der Waals surface area contributed by atoms with Crippen molar-refractivity contribution in [3.63, 3.8) is 0 Å². The van der Waals surface area contributed by atoms with Gasteiger partial charge >= 0.3 is 12.0 Å². The maximum Gasteiger partial charge on any atom is 0.317 e. The van der Waals surface area contributed by atoms with Gasteiger partial charge in [-0.1, -0.05) is 6.42 Å². The summed E-state index contributed by atoms with van der Waals surface area (Å²) in [6.45, 7) is 2.96. The average Bonchev–Trinajstić information content (AvgIpc) is 2.86. The molecule has 0 saturated heterocycles. The molecule has 5 nitrogen and oxygen atoms in total. The van der Waals surface area contributed by atoms with Crippen molar-refractivity contribution in [2.75, 3.05) is 13.1 Å². The predicted molar refractivity (Wildman–Crippen MR) is 80.5 cm³/mol. The van der Waals surface area contributed by atoms with Gasteiger partial charge in [0.25, 0.3) is 0 Å². The van der Waals surface area contributed by atoms with Gasteiger partial charge in [0.05, 0.1) is 11.5 Å².